The quantitative estimate of drug-likeness (QED) is 0.761. The Kier molecular flexibility index (Phi) is 5.70. The molecule has 0 bridgehead atoms. The number of carbonyl (C=O) groups is 2. The summed E-state index contributed by atoms with van der Waals surface area (Å²) < 4.78 is 7.77. The number of aromatic nitrogens is 1. The first-order valence-corrected chi connectivity index (χ1v) is 8.76. The van der Waals surface area contributed by atoms with Crippen LogP contribution in [0, 0.1) is 6.92 Å². The number of nitrogens with zero attached hydrogens (tertiary/aromatic N) is 1. The molecule has 130 valence electrons. The molecule has 0 fully saturated rings. The van der Waals surface area contributed by atoms with Gasteiger partial charge in [0.05, 0.1) is 7.11 Å². The number of benzene rings is 1. The zero-order valence-corrected chi connectivity index (χ0v) is 16.1. The van der Waals surface area contributed by atoms with Gasteiger partial charge < -0.3 is 14.6 Å². The lowest BCUT2D eigenvalue weighted by atomic mass is 9.96. The van der Waals surface area contributed by atoms with Crippen molar-refractivity contribution < 1.29 is 14.3 Å². The van der Waals surface area contributed by atoms with Crippen molar-refractivity contribution in [3.05, 3.63) is 34.4 Å². The molecule has 0 aliphatic carbocycles. The van der Waals surface area contributed by atoms with Crippen LogP contribution in [0.15, 0.2) is 28.7 Å². The predicted octanol–water partition coefficient (Wildman–Crippen LogP) is 3.56. The van der Waals surface area contributed by atoms with E-state index in [2.05, 4.69) is 21.2 Å². The van der Waals surface area contributed by atoms with E-state index in [1.54, 1.807) is 6.92 Å². The number of ether oxygens (including phenoxy) is 1. The Hall–Kier alpha value is -1.82. The van der Waals surface area contributed by atoms with Crippen molar-refractivity contribution in [1.82, 2.24) is 9.88 Å². The van der Waals surface area contributed by atoms with Crippen molar-refractivity contribution in [1.29, 1.82) is 0 Å². The summed E-state index contributed by atoms with van der Waals surface area (Å²) in [6, 6.07) is 7.90. The van der Waals surface area contributed by atoms with Gasteiger partial charge in [0.2, 0.25) is 5.91 Å². The molecule has 0 radical (unpaired) electrons. The third-order valence-electron chi connectivity index (χ3n) is 4.26. The maximum absolute atomic E-state index is 12.6. The first-order chi connectivity index (χ1) is 11.3. The fourth-order valence-electron chi connectivity index (χ4n) is 3.02. The minimum Gasteiger partial charge on any atom is -0.467 e. The number of carbonyl (C=O) groups excluding carboxylic acids is 2. The Morgan fingerprint density at radius 3 is 2.62 bits per heavy atom. The summed E-state index contributed by atoms with van der Waals surface area (Å²) in [5.74, 6) is -0.638. The number of fused-ring (bicyclic) bond motifs is 1. The van der Waals surface area contributed by atoms with Gasteiger partial charge in [-0.3, -0.25) is 4.79 Å². The average molecular weight is 395 g/mol. The molecule has 2 aromatic rings. The van der Waals surface area contributed by atoms with Gasteiger partial charge in [0.25, 0.3) is 0 Å². The second kappa shape index (κ2) is 7.38. The van der Waals surface area contributed by atoms with Gasteiger partial charge >= 0.3 is 5.97 Å². The van der Waals surface area contributed by atoms with E-state index in [0.717, 1.165) is 27.5 Å². The van der Waals surface area contributed by atoms with E-state index in [1.165, 1.54) is 7.11 Å². The van der Waals surface area contributed by atoms with Gasteiger partial charge in [-0.25, -0.2) is 4.79 Å². The van der Waals surface area contributed by atoms with Crippen molar-refractivity contribution in [3.8, 4) is 0 Å². The van der Waals surface area contributed by atoms with Crippen LogP contribution < -0.4 is 5.32 Å². The van der Waals surface area contributed by atoms with Crippen LogP contribution in [0.4, 0.5) is 0 Å². The van der Waals surface area contributed by atoms with Crippen LogP contribution in [0.2, 0.25) is 0 Å². The molecule has 0 saturated carbocycles. The van der Waals surface area contributed by atoms with Gasteiger partial charge in [0.15, 0.2) is 0 Å². The van der Waals surface area contributed by atoms with Gasteiger partial charge in [-0.15, -0.1) is 0 Å². The topological polar surface area (TPSA) is 60.3 Å². The first-order valence-electron chi connectivity index (χ1n) is 7.96. The van der Waals surface area contributed by atoms with E-state index < -0.39 is 11.5 Å². The number of halogens is 1. The van der Waals surface area contributed by atoms with Crippen LogP contribution in [0.5, 0.6) is 0 Å². The molecule has 5 nitrogen and oxygen atoms in total. The van der Waals surface area contributed by atoms with E-state index in [1.807, 2.05) is 42.7 Å². The number of esters is 1. The minimum atomic E-state index is -1.01. The van der Waals surface area contributed by atoms with Crippen LogP contribution in [0.1, 0.15) is 32.4 Å². The van der Waals surface area contributed by atoms with Gasteiger partial charge in [0, 0.05) is 21.1 Å². The van der Waals surface area contributed by atoms with Crippen molar-refractivity contribution in [2.24, 2.45) is 0 Å². The third kappa shape index (κ3) is 3.48. The molecule has 2 rings (SSSR count). The monoisotopic (exact) mass is 394 g/mol. The van der Waals surface area contributed by atoms with Crippen LogP contribution in [-0.4, -0.2) is 29.1 Å². The summed E-state index contributed by atoms with van der Waals surface area (Å²) in [6.07, 6.45) is 1.30. The van der Waals surface area contributed by atoms with Crippen LogP contribution >= 0.6 is 15.9 Å². The normalized spacial score (nSPS) is 13.5. The molecule has 1 aromatic heterocycles. The van der Waals surface area contributed by atoms with Crippen LogP contribution in [0.25, 0.3) is 10.9 Å². The Morgan fingerprint density at radius 2 is 2.00 bits per heavy atom. The largest absolute Gasteiger partial charge is 0.467 e. The number of para-hydroxylation sites is 1. The maximum atomic E-state index is 12.6. The molecule has 1 atom stereocenters. The molecular weight excluding hydrogens is 372 g/mol. The van der Waals surface area contributed by atoms with Crippen LogP contribution in [0.3, 0.4) is 0 Å². The fraction of sp³-hybridized carbons (Fsp3) is 0.444. The minimum absolute atomic E-state index is 0.147. The molecule has 1 aromatic carbocycles. The number of hydrogen-bond acceptors (Lipinski definition) is 3. The molecule has 1 heterocycles. The SMILES string of the molecule is CCCC(C)(NC(=O)Cn1c(C)c(Br)c2ccccc21)C(=O)OC. The van der Waals surface area contributed by atoms with Gasteiger partial charge in [-0.1, -0.05) is 31.5 Å². The lowest BCUT2D eigenvalue weighted by molar-refractivity contribution is -0.150. The Labute approximate surface area is 150 Å². The molecule has 24 heavy (non-hydrogen) atoms. The van der Waals surface area contributed by atoms with Gasteiger partial charge in [0.1, 0.15) is 12.1 Å². The highest BCUT2D eigenvalue weighted by Crippen LogP contribution is 2.30. The predicted molar refractivity (Wildman–Crippen MR) is 97.8 cm³/mol. The van der Waals surface area contributed by atoms with E-state index in [-0.39, 0.29) is 12.5 Å². The maximum Gasteiger partial charge on any atom is 0.331 e. The second-order valence-corrected chi connectivity index (χ2v) is 6.92. The Balaban J connectivity index is 2.27. The Bertz CT molecular complexity index is 769. The molecule has 1 amide bonds. The summed E-state index contributed by atoms with van der Waals surface area (Å²) in [4.78, 5) is 24.6. The third-order valence-corrected chi connectivity index (χ3v) is 5.26. The summed E-state index contributed by atoms with van der Waals surface area (Å²) in [5.41, 5.74) is 0.947. The highest BCUT2D eigenvalue weighted by Gasteiger charge is 2.35. The number of methoxy groups -OCH3 is 1. The van der Waals surface area contributed by atoms with Gasteiger partial charge in [-0.05, 0) is 42.3 Å². The fourth-order valence-corrected chi connectivity index (χ4v) is 3.57. The standard InChI is InChI=1S/C18H23BrN2O3/c1-5-10-18(3,17(23)24-4)20-15(22)11-21-12(2)16(19)13-8-6-7-9-14(13)21/h6-9H,5,10-11H2,1-4H3,(H,20,22). The highest BCUT2D eigenvalue weighted by atomic mass is 79.9. The molecule has 6 heteroatoms. The lowest BCUT2D eigenvalue weighted by Crippen LogP contribution is -2.53. The molecule has 0 aliphatic rings. The molecule has 0 aliphatic heterocycles. The zero-order valence-electron chi connectivity index (χ0n) is 14.5. The summed E-state index contributed by atoms with van der Waals surface area (Å²) in [6.45, 7) is 5.78. The lowest BCUT2D eigenvalue weighted by Gasteiger charge is -2.27. The summed E-state index contributed by atoms with van der Waals surface area (Å²) in [5, 5.41) is 3.91. The average Bonchev–Trinajstić information content (AvgIpc) is 2.79. The molecule has 0 spiro atoms. The van der Waals surface area contributed by atoms with Crippen molar-refractivity contribution in [2.45, 2.75) is 45.7 Å². The molecule has 1 N–H and O–H groups in total. The van der Waals surface area contributed by atoms with E-state index in [4.69, 9.17) is 4.74 Å². The molecule has 1 unspecified atom stereocenters. The second-order valence-electron chi connectivity index (χ2n) is 6.12. The smallest absolute Gasteiger partial charge is 0.331 e. The highest BCUT2D eigenvalue weighted by molar-refractivity contribution is 9.10. The number of nitrogens with one attached hydrogen (secondary N) is 1. The van der Waals surface area contributed by atoms with E-state index in [0.29, 0.717) is 6.42 Å². The molecule has 0 saturated heterocycles. The first kappa shape index (κ1) is 18.5. The van der Waals surface area contributed by atoms with Gasteiger partial charge in [-0.2, -0.15) is 0 Å². The summed E-state index contributed by atoms with van der Waals surface area (Å²) >= 11 is 3.59. The van der Waals surface area contributed by atoms with Crippen molar-refractivity contribution in [2.75, 3.05) is 7.11 Å². The van der Waals surface area contributed by atoms with E-state index in [9.17, 15) is 9.59 Å². The zero-order chi connectivity index (χ0) is 17.9. The number of amides is 1. The van der Waals surface area contributed by atoms with Crippen molar-refractivity contribution >= 4 is 38.7 Å². The van der Waals surface area contributed by atoms with Crippen molar-refractivity contribution in [3.63, 3.8) is 0 Å². The molecular formula is C18H23BrN2O3. The summed E-state index contributed by atoms with van der Waals surface area (Å²) in [7, 11) is 1.34. The number of hydrogen-bond donors (Lipinski definition) is 1. The Morgan fingerprint density at radius 1 is 1.33 bits per heavy atom. The number of rotatable bonds is 6. The van der Waals surface area contributed by atoms with Crippen LogP contribution in [-0.2, 0) is 20.9 Å². The van der Waals surface area contributed by atoms with E-state index >= 15 is 0 Å².